The van der Waals surface area contributed by atoms with Crippen molar-refractivity contribution in [3.63, 3.8) is 0 Å². The van der Waals surface area contributed by atoms with Crippen molar-refractivity contribution >= 4 is 22.4 Å². The lowest BCUT2D eigenvalue weighted by atomic mass is 9.99. The van der Waals surface area contributed by atoms with Gasteiger partial charge in [0.05, 0.1) is 22.1 Å². The fourth-order valence-corrected chi connectivity index (χ4v) is 3.78. The molecule has 3 aromatic rings. The second kappa shape index (κ2) is 3.92. The van der Waals surface area contributed by atoms with Crippen LogP contribution in [0.2, 0.25) is 0 Å². The monoisotopic (exact) mass is 255 g/mol. The van der Waals surface area contributed by atoms with Gasteiger partial charge in [0.2, 0.25) is 0 Å². The van der Waals surface area contributed by atoms with Gasteiger partial charge in [0.1, 0.15) is 5.82 Å². The molecule has 0 radical (unpaired) electrons. The fraction of sp³-hybridized carbons (Fsp3) is 0.286. The third-order valence-electron chi connectivity index (χ3n) is 3.51. The molecule has 0 aliphatic heterocycles. The second-order valence-corrected chi connectivity index (χ2v) is 5.88. The lowest BCUT2D eigenvalue weighted by Crippen LogP contribution is -1.96. The molecule has 0 bridgehead atoms. The maximum absolute atomic E-state index is 4.64. The summed E-state index contributed by atoms with van der Waals surface area (Å²) in [7, 11) is 0. The summed E-state index contributed by atoms with van der Waals surface area (Å²) in [6.45, 7) is 0. The number of aromatic amines is 1. The van der Waals surface area contributed by atoms with E-state index < -0.39 is 0 Å². The molecule has 1 aliphatic rings. The minimum Gasteiger partial charge on any atom is -0.336 e. The first-order chi connectivity index (χ1) is 8.90. The highest BCUT2D eigenvalue weighted by Gasteiger charge is 2.15. The Morgan fingerprint density at radius 3 is 3.06 bits per heavy atom. The van der Waals surface area contributed by atoms with Gasteiger partial charge in [-0.2, -0.15) is 0 Å². The summed E-state index contributed by atoms with van der Waals surface area (Å²) in [6.07, 6.45) is 8.74. The van der Waals surface area contributed by atoms with Gasteiger partial charge in [0.15, 0.2) is 0 Å². The van der Waals surface area contributed by atoms with Crippen LogP contribution in [0.15, 0.2) is 24.5 Å². The quantitative estimate of drug-likeness (QED) is 0.722. The highest BCUT2D eigenvalue weighted by atomic mass is 32.1. The van der Waals surface area contributed by atoms with E-state index in [2.05, 4.69) is 21.0 Å². The van der Waals surface area contributed by atoms with E-state index in [-0.39, 0.29) is 0 Å². The average Bonchev–Trinajstić information content (AvgIpc) is 3.02. The standard InChI is InChI=1S/C14H13N3S/c1-2-4-12-9(3-1)7-13(18-12)14-16-10-5-6-15-8-11(10)17-14/h5-8H,1-4H2,(H,16,17). The van der Waals surface area contributed by atoms with E-state index in [0.717, 1.165) is 16.9 Å². The SMILES string of the molecule is c1cc2nc(-c3cc4c(s3)CCCC4)[nH]c2cn1. The van der Waals surface area contributed by atoms with Crippen LogP contribution in [0.4, 0.5) is 0 Å². The molecule has 0 aromatic carbocycles. The molecule has 0 amide bonds. The summed E-state index contributed by atoms with van der Waals surface area (Å²) in [6, 6.07) is 4.26. The maximum atomic E-state index is 4.64. The van der Waals surface area contributed by atoms with Gasteiger partial charge in [-0.3, -0.25) is 4.98 Å². The van der Waals surface area contributed by atoms with Gasteiger partial charge in [0.25, 0.3) is 0 Å². The Kier molecular flexibility index (Phi) is 2.23. The molecule has 90 valence electrons. The Balaban J connectivity index is 1.84. The minimum absolute atomic E-state index is 0.984. The van der Waals surface area contributed by atoms with Crippen LogP contribution >= 0.6 is 11.3 Å². The molecule has 3 heterocycles. The zero-order valence-corrected chi connectivity index (χ0v) is 10.8. The van der Waals surface area contributed by atoms with Crippen molar-refractivity contribution in [2.24, 2.45) is 0 Å². The van der Waals surface area contributed by atoms with Crippen LogP contribution in [0.1, 0.15) is 23.3 Å². The smallest absolute Gasteiger partial charge is 0.148 e. The molecular weight excluding hydrogens is 242 g/mol. The number of rotatable bonds is 1. The number of nitrogens with zero attached hydrogens (tertiary/aromatic N) is 2. The summed E-state index contributed by atoms with van der Waals surface area (Å²) < 4.78 is 0. The Bertz CT molecular complexity index is 654. The summed E-state index contributed by atoms with van der Waals surface area (Å²) in [4.78, 5) is 14.9. The number of imidazole rings is 1. The number of aryl methyl sites for hydroxylation is 2. The number of nitrogens with one attached hydrogen (secondary N) is 1. The molecule has 18 heavy (non-hydrogen) atoms. The van der Waals surface area contributed by atoms with Gasteiger partial charge < -0.3 is 4.98 Å². The van der Waals surface area contributed by atoms with Gasteiger partial charge in [-0.05, 0) is 43.4 Å². The van der Waals surface area contributed by atoms with Gasteiger partial charge in [-0.25, -0.2) is 4.98 Å². The summed E-state index contributed by atoms with van der Waals surface area (Å²) in [5.74, 6) is 0.984. The predicted molar refractivity (Wildman–Crippen MR) is 73.8 cm³/mol. The van der Waals surface area contributed by atoms with Crippen molar-refractivity contribution in [2.75, 3.05) is 0 Å². The van der Waals surface area contributed by atoms with Gasteiger partial charge in [-0.1, -0.05) is 0 Å². The van der Waals surface area contributed by atoms with Crippen molar-refractivity contribution in [1.82, 2.24) is 15.0 Å². The first-order valence-corrected chi connectivity index (χ1v) is 7.13. The van der Waals surface area contributed by atoms with E-state index in [9.17, 15) is 0 Å². The van der Waals surface area contributed by atoms with Gasteiger partial charge in [-0.15, -0.1) is 11.3 Å². The van der Waals surface area contributed by atoms with E-state index in [4.69, 9.17) is 0 Å². The normalized spacial score (nSPS) is 14.9. The highest BCUT2D eigenvalue weighted by Crippen LogP contribution is 2.35. The van der Waals surface area contributed by atoms with Crippen LogP contribution in [0.5, 0.6) is 0 Å². The number of hydrogen-bond donors (Lipinski definition) is 1. The maximum Gasteiger partial charge on any atom is 0.148 e. The lowest BCUT2D eigenvalue weighted by Gasteiger charge is -2.08. The molecule has 0 atom stereocenters. The van der Waals surface area contributed by atoms with Crippen molar-refractivity contribution in [3.05, 3.63) is 35.0 Å². The number of hydrogen-bond acceptors (Lipinski definition) is 3. The largest absolute Gasteiger partial charge is 0.336 e. The number of pyridine rings is 1. The Morgan fingerprint density at radius 2 is 2.17 bits per heavy atom. The summed E-state index contributed by atoms with van der Waals surface area (Å²) in [5.41, 5.74) is 3.53. The van der Waals surface area contributed by atoms with Crippen molar-refractivity contribution in [1.29, 1.82) is 0 Å². The number of fused-ring (bicyclic) bond motifs is 2. The van der Waals surface area contributed by atoms with Gasteiger partial charge >= 0.3 is 0 Å². The Hall–Kier alpha value is -1.68. The van der Waals surface area contributed by atoms with E-state index >= 15 is 0 Å². The summed E-state index contributed by atoms with van der Waals surface area (Å²) >= 11 is 1.89. The third kappa shape index (κ3) is 1.56. The molecule has 1 aliphatic carbocycles. The first kappa shape index (κ1) is 10.3. The molecule has 0 spiro atoms. The topological polar surface area (TPSA) is 41.6 Å². The van der Waals surface area contributed by atoms with Crippen LogP contribution in [-0.2, 0) is 12.8 Å². The first-order valence-electron chi connectivity index (χ1n) is 6.32. The minimum atomic E-state index is 0.984. The van der Waals surface area contributed by atoms with Crippen molar-refractivity contribution in [3.8, 4) is 10.7 Å². The van der Waals surface area contributed by atoms with Crippen LogP contribution in [0.3, 0.4) is 0 Å². The molecule has 3 aromatic heterocycles. The molecule has 0 unspecified atom stereocenters. The van der Waals surface area contributed by atoms with Crippen LogP contribution in [0.25, 0.3) is 21.7 Å². The molecule has 4 heteroatoms. The van der Waals surface area contributed by atoms with Crippen LogP contribution in [0, 0.1) is 0 Å². The molecule has 4 rings (SSSR count). The predicted octanol–water partition coefficient (Wildman–Crippen LogP) is 3.57. The zero-order chi connectivity index (χ0) is 11.9. The average molecular weight is 255 g/mol. The molecule has 3 nitrogen and oxygen atoms in total. The second-order valence-electron chi connectivity index (χ2n) is 4.74. The van der Waals surface area contributed by atoms with Crippen molar-refractivity contribution < 1.29 is 0 Å². The van der Waals surface area contributed by atoms with Crippen molar-refractivity contribution in [2.45, 2.75) is 25.7 Å². The zero-order valence-electron chi connectivity index (χ0n) is 9.94. The van der Waals surface area contributed by atoms with E-state index in [0.29, 0.717) is 0 Å². The molecule has 0 saturated heterocycles. The highest BCUT2D eigenvalue weighted by molar-refractivity contribution is 7.15. The van der Waals surface area contributed by atoms with E-state index in [1.54, 1.807) is 11.1 Å². The third-order valence-corrected chi connectivity index (χ3v) is 4.76. The molecule has 0 fully saturated rings. The van der Waals surface area contributed by atoms with E-state index in [1.807, 2.05) is 23.6 Å². The van der Waals surface area contributed by atoms with E-state index in [1.165, 1.54) is 36.1 Å². The number of aromatic nitrogens is 3. The number of thiophene rings is 1. The van der Waals surface area contributed by atoms with Crippen LogP contribution < -0.4 is 0 Å². The summed E-state index contributed by atoms with van der Waals surface area (Å²) in [5, 5.41) is 0. The Labute approximate surface area is 109 Å². The molecule has 1 N–H and O–H groups in total. The van der Waals surface area contributed by atoms with Crippen LogP contribution in [-0.4, -0.2) is 15.0 Å². The molecular formula is C14H13N3S. The number of H-pyrrole nitrogens is 1. The Morgan fingerprint density at radius 1 is 1.22 bits per heavy atom. The fourth-order valence-electron chi connectivity index (χ4n) is 2.58. The molecule has 0 saturated carbocycles. The van der Waals surface area contributed by atoms with Gasteiger partial charge in [0, 0.05) is 11.1 Å². The lowest BCUT2D eigenvalue weighted by molar-refractivity contribution is 0.697.